The molecule has 19 heavy (non-hydrogen) atoms. The van der Waals surface area contributed by atoms with Crippen molar-refractivity contribution in [1.82, 2.24) is 10.3 Å². The molecule has 0 aliphatic carbocycles. The van der Waals surface area contributed by atoms with Crippen LogP contribution in [0, 0.1) is 5.41 Å². The quantitative estimate of drug-likeness (QED) is 0.907. The van der Waals surface area contributed by atoms with E-state index in [1.54, 1.807) is 0 Å². The fourth-order valence-electron chi connectivity index (χ4n) is 2.03. The summed E-state index contributed by atoms with van der Waals surface area (Å²) in [6, 6.07) is 10.5. The van der Waals surface area contributed by atoms with Gasteiger partial charge >= 0.3 is 0 Å². The number of benzene rings is 1. The number of aromatic nitrogens is 1. The zero-order chi connectivity index (χ0) is 13.9. The molecule has 2 nitrogen and oxygen atoms in total. The Balaban J connectivity index is 2.36. The van der Waals surface area contributed by atoms with Crippen LogP contribution in [0.5, 0.6) is 0 Å². The summed E-state index contributed by atoms with van der Waals surface area (Å²) >= 11 is 1.83. The van der Waals surface area contributed by atoms with Gasteiger partial charge in [-0.1, -0.05) is 51.1 Å². The van der Waals surface area contributed by atoms with E-state index in [4.69, 9.17) is 4.98 Å². The largest absolute Gasteiger partial charge is 0.315 e. The monoisotopic (exact) mass is 274 g/mol. The minimum atomic E-state index is 0.280. The van der Waals surface area contributed by atoms with Crippen molar-refractivity contribution < 1.29 is 0 Å². The second-order valence-electron chi connectivity index (χ2n) is 6.01. The highest BCUT2D eigenvalue weighted by Gasteiger charge is 2.17. The Bertz CT molecular complexity index is 523. The summed E-state index contributed by atoms with van der Waals surface area (Å²) in [6.45, 7) is 7.66. The van der Waals surface area contributed by atoms with E-state index in [1.165, 1.54) is 15.4 Å². The molecule has 0 radical (unpaired) electrons. The van der Waals surface area contributed by atoms with Gasteiger partial charge in [0.25, 0.3) is 0 Å². The first kappa shape index (κ1) is 14.2. The molecule has 0 saturated carbocycles. The van der Waals surface area contributed by atoms with E-state index in [0.717, 1.165) is 18.7 Å². The summed E-state index contributed by atoms with van der Waals surface area (Å²) in [4.78, 5) is 6.19. The van der Waals surface area contributed by atoms with E-state index >= 15 is 0 Å². The van der Waals surface area contributed by atoms with Gasteiger partial charge < -0.3 is 5.32 Å². The van der Waals surface area contributed by atoms with Crippen LogP contribution in [-0.4, -0.2) is 12.0 Å². The van der Waals surface area contributed by atoms with Gasteiger partial charge in [0.1, 0.15) is 0 Å². The first-order chi connectivity index (χ1) is 8.99. The van der Waals surface area contributed by atoms with Crippen molar-refractivity contribution >= 4 is 11.3 Å². The van der Waals surface area contributed by atoms with Gasteiger partial charge in [-0.2, -0.15) is 0 Å². The summed E-state index contributed by atoms with van der Waals surface area (Å²) in [5.41, 5.74) is 2.63. The van der Waals surface area contributed by atoms with Crippen LogP contribution in [-0.2, 0) is 13.0 Å². The van der Waals surface area contributed by atoms with Crippen LogP contribution < -0.4 is 5.32 Å². The molecular formula is C16H22N2S. The van der Waals surface area contributed by atoms with Gasteiger partial charge in [0.15, 0.2) is 0 Å². The van der Waals surface area contributed by atoms with Gasteiger partial charge in [0, 0.05) is 23.4 Å². The molecule has 1 N–H and O–H groups in total. The van der Waals surface area contributed by atoms with Gasteiger partial charge in [-0.05, 0) is 12.5 Å². The van der Waals surface area contributed by atoms with Crippen molar-refractivity contribution in [1.29, 1.82) is 0 Å². The van der Waals surface area contributed by atoms with Gasteiger partial charge in [0.05, 0.1) is 10.7 Å². The molecule has 0 aliphatic rings. The standard InChI is InChI=1S/C16H22N2S/c1-16(2,3)10-14-18-15(13(19-14)11-17-4)12-8-6-5-7-9-12/h5-9,17H,10-11H2,1-4H3. The molecule has 0 atom stereocenters. The summed E-state index contributed by atoms with van der Waals surface area (Å²) in [6.07, 6.45) is 1.03. The molecule has 1 heterocycles. The van der Waals surface area contributed by atoms with E-state index in [9.17, 15) is 0 Å². The van der Waals surface area contributed by atoms with Crippen LogP contribution in [0.2, 0.25) is 0 Å². The van der Waals surface area contributed by atoms with Crippen LogP contribution in [0.25, 0.3) is 11.3 Å². The second kappa shape index (κ2) is 5.85. The first-order valence-corrected chi connectivity index (χ1v) is 7.50. The van der Waals surface area contributed by atoms with Crippen LogP contribution >= 0.6 is 11.3 Å². The third kappa shape index (κ3) is 3.88. The molecule has 0 saturated heterocycles. The van der Waals surface area contributed by atoms with Crippen molar-refractivity contribution in [2.75, 3.05) is 7.05 Å². The zero-order valence-corrected chi connectivity index (χ0v) is 13.0. The fraction of sp³-hybridized carbons (Fsp3) is 0.438. The molecule has 1 aromatic carbocycles. The van der Waals surface area contributed by atoms with Crippen molar-refractivity contribution in [3.63, 3.8) is 0 Å². The molecule has 2 rings (SSSR count). The lowest BCUT2D eigenvalue weighted by Crippen LogP contribution is -2.08. The van der Waals surface area contributed by atoms with E-state index in [0.29, 0.717) is 0 Å². The number of hydrogen-bond donors (Lipinski definition) is 1. The lowest BCUT2D eigenvalue weighted by Gasteiger charge is -2.15. The van der Waals surface area contributed by atoms with Crippen LogP contribution in [0.15, 0.2) is 30.3 Å². The third-order valence-electron chi connectivity index (χ3n) is 2.81. The molecule has 0 spiro atoms. The SMILES string of the molecule is CNCc1sc(CC(C)(C)C)nc1-c1ccccc1. The van der Waals surface area contributed by atoms with Crippen LogP contribution in [0.3, 0.4) is 0 Å². The lowest BCUT2D eigenvalue weighted by atomic mass is 9.93. The molecule has 0 amide bonds. The number of nitrogens with one attached hydrogen (secondary N) is 1. The average molecular weight is 274 g/mol. The topological polar surface area (TPSA) is 24.9 Å². The maximum Gasteiger partial charge on any atom is 0.0941 e. The Hall–Kier alpha value is -1.19. The number of nitrogens with zero attached hydrogens (tertiary/aromatic N) is 1. The molecule has 1 aromatic heterocycles. The fourth-order valence-corrected chi connectivity index (χ4v) is 3.43. The minimum absolute atomic E-state index is 0.280. The average Bonchev–Trinajstić information content (AvgIpc) is 2.71. The summed E-state index contributed by atoms with van der Waals surface area (Å²) < 4.78 is 0. The van der Waals surface area contributed by atoms with E-state index < -0.39 is 0 Å². The lowest BCUT2D eigenvalue weighted by molar-refractivity contribution is 0.410. The smallest absolute Gasteiger partial charge is 0.0941 e. The highest BCUT2D eigenvalue weighted by atomic mass is 32.1. The Morgan fingerprint density at radius 2 is 1.84 bits per heavy atom. The molecule has 0 bridgehead atoms. The van der Waals surface area contributed by atoms with Gasteiger partial charge in [-0.25, -0.2) is 4.98 Å². The Labute approximate surface area is 119 Å². The maximum absolute atomic E-state index is 4.86. The molecule has 0 aliphatic heterocycles. The summed E-state index contributed by atoms with van der Waals surface area (Å²) in [5.74, 6) is 0. The van der Waals surface area contributed by atoms with Crippen molar-refractivity contribution in [3.8, 4) is 11.3 Å². The Morgan fingerprint density at radius 1 is 1.16 bits per heavy atom. The van der Waals surface area contributed by atoms with E-state index in [-0.39, 0.29) is 5.41 Å². The molecule has 3 heteroatoms. The van der Waals surface area contributed by atoms with E-state index in [2.05, 4.69) is 50.4 Å². The molecular weight excluding hydrogens is 252 g/mol. The summed E-state index contributed by atoms with van der Waals surface area (Å²) in [7, 11) is 1.98. The highest BCUT2D eigenvalue weighted by Crippen LogP contribution is 2.31. The summed E-state index contributed by atoms with van der Waals surface area (Å²) in [5, 5.41) is 4.47. The normalized spacial score (nSPS) is 11.8. The molecule has 0 unspecified atom stereocenters. The molecule has 102 valence electrons. The molecule has 2 aromatic rings. The van der Waals surface area contributed by atoms with Crippen LogP contribution in [0.4, 0.5) is 0 Å². The molecule has 0 fully saturated rings. The Kier molecular flexibility index (Phi) is 4.38. The third-order valence-corrected chi connectivity index (χ3v) is 3.86. The maximum atomic E-state index is 4.86. The number of thiazole rings is 1. The van der Waals surface area contributed by atoms with Crippen molar-refractivity contribution in [2.45, 2.75) is 33.7 Å². The predicted molar refractivity (Wildman–Crippen MR) is 83.5 cm³/mol. The zero-order valence-electron chi connectivity index (χ0n) is 12.2. The number of hydrogen-bond acceptors (Lipinski definition) is 3. The van der Waals surface area contributed by atoms with Crippen LogP contribution in [0.1, 0.15) is 30.7 Å². The highest BCUT2D eigenvalue weighted by molar-refractivity contribution is 7.12. The van der Waals surface area contributed by atoms with Gasteiger partial charge in [-0.3, -0.25) is 0 Å². The first-order valence-electron chi connectivity index (χ1n) is 6.68. The van der Waals surface area contributed by atoms with Gasteiger partial charge in [-0.15, -0.1) is 11.3 Å². The Morgan fingerprint density at radius 3 is 2.42 bits per heavy atom. The predicted octanol–water partition coefficient (Wildman–Crippen LogP) is 4.12. The minimum Gasteiger partial charge on any atom is -0.315 e. The second-order valence-corrected chi connectivity index (χ2v) is 7.18. The van der Waals surface area contributed by atoms with E-state index in [1.807, 2.05) is 24.5 Å². The number of rotatable bonds is 4. The van der Waals surface area contributed by atoms with Gasteiger partial charge in [0.2, 0.25) is 0 Å². The van der Waals surface area contributed by atoms with Crippen molar-refractivity contribution in [3.05, 3.63) is 40.2 Å². The van der Waals surface area contributed by atoms with Crippen molar-refractivity contribution in [2.24, 2.45) is 5.41 Å².